The quantitative estimate of drug-likeness (QED) is 0.689. The van der Waals surface area contributed by atoms with Crippen molar-refractivity contribution in [2.24, 2.45) is 0 Å². The minimum absolute atomic E-state index is 0.234. The number of benzene rings is 1. The number of hydrogen-bond acceptors (Lipinski definition) is 3. The molecule has 2 aromatic rings. The Balaban J connectivity index is 2.15. The third-order valence-electron chi connectivity index (χ3n) is 2.06. The molecule has 3 nitrogen and oxygen atoms in total. The maximum Gasteiger partial charge on any atom is 0.251 e. The largest absolute Gasteiger partial charge is 0.301 e. The summed E-state index contributed by atoms with van der Waals surface area (Å²) in [6, 6.07) is 5.85. The number of hydrogen-bond donors (Lipinski definition) is 1. The average molecular weight is 271 g/mol. The molecule has 0 aliphatic heterocycles. The zero-order chi connectivity index (χ0) is 12.3. The highest BCUT2D eigenvalue weighted by Gasteiger charge is 2.07. The van der Waals surface area contributed by atoms with E-state index < -0.39 is 0 Å². The number of H-pyrrole nitrogens is 1. The van der Waals surface area contributed by atoms with Gasteiger partial charge in [0, 0.05) is 28.6 Å². The van der Waals surface area contributed by atoms with E-state index in [1.165, 1.54) is 30.1 Å². The molecule has 88 valence electrons. The van der Waals surface area contributed by atoms with Crippen molar-refractivity contribution in [1.82, 2.24) is 9.97 Å². The van der Waals surface area contributed by atoms with Crippen molar-refractivity contribution >= 4 is 23.4 Å². The lowest BCUT2D eigenvalue weighted by atomic mass is 10.2. The van der Waals surface area contributed by atoms with E-state index in [0.29, 0.717) is 21.5 Å². The van der Waals surface area contributed by atoms with Gasteiger partial charge in [0.15, 0.2) is 5.16 Å². The summed E-state index contributed by atoms with van der Waals surface area (Å²) in [6.45, 7) is 0. The van der Waals surface area contributed by atoms with Crippen LogP contribution in [0, 0.1) is 5.82 Å². The lowest BCUT2D eigenvalue weighted by Gasteiger charge is -2.04. The highest BCUT2D eigenvalue weighted by atomic mass is 35.5. The first-order valence-electron chi connectivity index (χ1n) is 4.78. The van der Waals surface area contributed by atoms with Gasteiger partial charge in [-0.25, -0.2) is 9.37 Å². The highest BCUT2D eigenvalue weighted by molar-refractivity contribution is 7.98. The van der Waals surface area contributed by atoms with Gasteiger partial charge in [0.2, 0.25) is 0 Å². The van der Waals surface area contributed by atoms with Crippen LogP contribution in [0.4, 0.5) is 4.39 Å². The van der Waals surface area contributed by atoms with Gasteiger partial charge >= 0.3 is 0 Å². The van der Waals surface area contributed by atoms with E-state index in [2.05, 4.69) is 9.97 Å². The molecular weight excluding hydrogens is 263 g/mol. The molecule has 2 rings (SSSR count). The Morgan fingerprint density at radius 2 is 2.24 bits per heavy atom. The topological polar surface area (TPSA) is 45.8 Å². The molecule has 0 unspecified atom stereocenters. The van der Waals surface area contributed by atoms with Gasteiger partial charge in [0.05, 0.1) is 0 Å². The first kappa shape index (κ1) is 12.1. The molecule has 0 aliphatic carbocycles. The zero-order valence-electron chi connectivity index (χ0n) is 8.61. The van der Waals surface area contributed by atoms with Crippen molar-refractivity contribution in [2.45, 2.75) is 10.9 Å². The zero-order valence-corrected chi connectivity index (χ0v) is 10.2. The predicted octanol–water partition coefficient (Wildman–Crippen LogP) is 2.85. The molecule has 0 radical (unpaired) electrons. The van der Waals surface area contributed by atoms with Gasteiger partial charge in [0.1, 0.15) is 5.82 Å². The van der Waals surface area contributed by atoms with Crippen molar-refractivity contribution < 1.29 is 4.39 Å². The summed E-state index contributed by atoms with van der Waals surface area (Å²) < 4.78 is 13.4. The molecule has 0 amide bonds. The summed E-state index contributed by atoms with van der Waals surface area (Å²) in [5, 5.41) is 0.813. The fourth-order valence-corrected chi connectivity index (χ4v) is 2.43. The van der Waals surface area contributed by atoms with E-state index in [0.717, 1.165) is 0 Å². The van der Waals surface area contributed by atoms with Crippen LogP contribution in [0.2, 0.25) is 5.02 Å². The van der Waals surface area contributed by atoms with Gasteiger partial charge in [0.25, 0.3) is 5.56 Å². The van der Waals surface area contributed by atoms with E-state index in [1.54, 1.807) is 12.1 Å². The Morgan fingerprint density at radius 1 is 1.41 bits per heavy atom. The molecule has 0 bridgehead atoms. The van der Waals surface area contributed by atoms with Gasteiger partial charge in [-0.1, -0.05) is 29.4 Å². The number of rotatable bonds is 3. The molecule has 0 atom stereocenters. The predicted molar refractivity (Wildman–Crippen MR) is 65.8 cm³/mol. The Labute approximate surface area is 106 Å². The standard InChI is InChI=1S/C11H8ClFN2OS/c12-8-2-1-3-9(13)7(8)6-17-11-14-5-4-10(16)15-11/h1-5H,6H2,(H,14,15,16). The molecule has 0 saturated heterocycles. The van der Waals surface area contributed by atoms with Crippen LogP contribution in [-0.4, -0.2) is 9.97 Å². The number of halogens is 2. The van der Waals surface area contributed by atoms with Gasteiger partial charge in [-0.3, -0.25) is 4.79 Å². The van der Waals surface area contributed by atoms with Crippen LogP contribution in [0.1, 0.15) is 5.56 Å². The minimum atomic E-state index is -0.358. The van der Waals surface area contributed by atoms with Crippen LogP contribution in [0.5, 0.6) is 0 Å². The summed E-state index contributed by atoms with van der Waals surface area (Å²) in [4.78, 5) is 17.5. The van der Waals surface area contributed by atoms with Crippen molar-refractivity contribution in [2.75, 3.05) is 0 Å². The second kappa shape index (κ2) is 5.33. The SMILES string of the molecule is O=c1ccnc(SCc2c(F)cccc2Cl)[nH]1. The molecular formula is C11H8ClFN2OS. The maximum atomic E-state index is 13.4. The fraction of sp³-hybridized carbons (Fsp3) is 0.0909. The van der Waals surface area contributed by atoms with E-state index in [-0.39, 0.29) is 11.4 Å². The molecule has 0 saturated carbocycles. The highest BCUT2D eigenvalue weighted by Crippen LogP contribution is 2.26. The van der Waals surface area contributed by atoms with E-state index in [9.17, 15) is 9.18 Å². The third kappa shape index (κ3) is 3.08. The second-order valence-corrected chi connectivity index (χ2v) is 4.60. The smallest absolute Gasteiger partial charge is 0.251 e. The van der Waals surface area contributed by atoms with Crippen LogP contribution in [-0.2, 0) is 5.75 Å². The van der Waals surface area contributed by atoms with Crippen LogP contribution >= 0.6 is 23.4 Å². The summed E-state index contributed by atoms with van der Waals surface area (Å²) in [5.74, 6) is -0.0402. The van der Waals surface area contributed by atoms with Crippen molar-refractivity contribution in [3.8, 4) is 0 Å². The molecule has 1 heterocycles. The van der Waals surface area contributed by atoms with Crippen molar-refractivity contribution in [1.29, 1.82) is 0 Å². The van der Waals surface area contributed by atoms with Crippen LogP contribution in [0.3, 0.4) is 0 Å². The lowest BCUT2D eigenvalue weighted by molar-refractivity contribution is 0.617. The minimum Gasteiger partial charge on any atom is -0.301 e. The van der Waals surface area contributed by atoms with Crippen LogP contribution in [0.25, 0.3) is 0 Å². The van der Waals surface area contributed by atoms with Crippen LogP contribution < -0.4 is 5.56 Å². The summed E-state index contributed by atoms with van der Waals surface area (Å²) in [6.07, 6.45) is 1.41. The monoisotopic (exact) mass is 270 g/mol. The van der Waals surface area contributed by atoms with Gasteiger partial charge in [-0.15, -0.1) is 0 Å². The normalized spacial score (nSPS) is 10.5. The van der Waals surface area contributed by atoms with Crippen LogP contribution in [0.15, 0.2) is 40.4 Å². The molecule has 0 spiro atoms. The van der Waals surface area contributed by atoms with Crippen molar-refractivity contribution in [3.05, 3.63) is 57.2 Å². The van der Waals surface area contributed by atoms with Gasteiger partial charge < -0.3 is 4.98 Å². The van der Waals surface area contributed by atoms with E-state index >= 15 is 0 Å². The molecule has 1 aromatic heterocycles. The Hall–Kier alpha value is -1.33. The molecule has 1 N–H and O–H groups in total. The Morgan fingerprint density at radius 3 is 2.94 bits per heavy atom. The van der Waals surface area contributed by atoms with E-state index in [1.807, 2.05) is 0 Å². The molecule has 6 heteroatoms. The number of thioether (sulfide) groups is 1. The summed E-state index contributed by atoms with van der Waals surface area (Å²) >= 11 is 7.11. The number of nitrogens with zero attached hydrogens (tertiary/aromatic N) is 1. The molecule has 17 heavy (non-hydrogen) atoms. The van der Waals surface area contributed by atoms with Gasteiger partial charge in [-0.2, -0.15) is 0 Å². The Bertz CT molecular complexity index is 567. The van der Waals surface area contributed by atoms with E-state index in [4.69, 9.17) is 11.6 Å². The molecule has 0 fully saturated rings. The number of aromatic nitrogens is 2. The number of aromatic amines is 1. The number of nitrogens with one attached hydrogen (secondary N) is 1. The summed E-state index contributed by atoms with van der Waals surface area (Å²) in [7, 11) is 0. The van der Waals surface area contributed by atoms with Gasteiger partial charge in [-0.05, 0) is 12.1 Å². The molecule has 0 aliphatic rings. The first-order valence-corrected chi connectivity index (χ1v) is 6.14. The molecule has 1 aromatic carbocycles. The first-order chi connectivity index (χ1) is 8.16. The average Bonchev–Trinajstić information content (AvgIpc) is 2.28. The lowest BCUT2D eigenvalue weighted by Crippen LogP contribution is -2.05. The Kier molecular flexibility index (Phi) is 3.81. The second-order valence-electron chi connectivity index (χ2n) is 3.23. The third-order valence-corrected chi connectivity index (χ3v) is 3.33. The summed E-state index contributed by atoms with van der Waals surface area (Å²) in [5.41, 5.74) is 0.174. The fourth-order valence-electron chi connectivity index (χ4n) is 1.24. The van der Waals surface area contributed by atoms with Crippen molar-refractivity contribution in [3.63, 3.8) is 0 Å². The maximum absolute atomic E-state index is 13.4.